The molecule has 1 aromatic carbocycles. The largest absolute Gasteiger partial charge is 0.490 e. The Morgan fingerprint density at radius 2 is 1.88 bits per heavy atom. The van der Waals surface area contributed by atoms with Gasteiger partial charge in [0.25, 0.3) is 6.43 Å². The van der Waals surface area contributed by atoms with E-state index in [4.69, 9.17) is 10.5 Å². The van der Waals surface area contributed by atoms with Crippen LogP contribution in [0.25, 0.3) is 11.1 Å². The third-order valence-corrected chi connectivity index (χ3v) is 4.80. The summed E-state index contributed by atoms with van der Waals surface area (Å²) < 4.78 is 31.5. The van der Waals surface area contributed by atoms with E-state index in [1.807, 2.05) is 0 Å². The summed E-state index contributed by atoms with van der Waals surface area (Å²) in [7, 11) is 0. The molecule has 0 radical (unpaired) electrons. The molecule has 136 valence electrons. The molecule has 0 bridgehead atoms. The minimum absolute atomic E-state index is 0.288. The van der Waals surface area contributed by atoms with Gasteiger partial charge in [-0.1, -0.05) is 25.3 Å². The van der Waals surface area contributed by atoms with E-state index in [0.29, 0.717) is 29.0 Å². The molecule has 3 rings (SSSR count). The second-order valence-corrected chi connectivity index (χ2v) is 6.80. The van der Waals surface area contributed by atoms with E-state index in [2.05, 4.69) is 11.1 Å². The van der Waals surface area contributed by atoms with Gasteiger partial charge in [0, 0.05) is 6.20 Å². The molecule has 1 aliphatic carbocycles. The maximum absolute atomic E-state index is 12.8. The van der Waals surface area contributed by atoms with Gasteiger partial charge in [-0.15, -0.1) is 0 Å². The monoisotopic (exact) mass is 357 g/mol. The molecule has 4 nitrogen and oxygen atoms in total. The predicted octanol–water partition coefficient (Wildman–Crippen LogP) is 4.60. The zero-order chi connectivity index (χ0) is 18.6. The SMILES string of the molecule is N#Cc1cc(-c2ccnc(C(F)F)c2)ccc1OCC1(N)CCCCC1. The van der Waals surface area contributed by atoms with Crippen molar-refractivity contribution < 1.29 is 13.5 Å². The molecule has 1 aromatic heterocycles. The Kier molecular flexibility index (Phi) is 5.48. The second kappa shape index (κ2) is 7.79. The fraction of sp³-hybridized carbons (Fsp3) is 0.400. The highest BCUT2D eigenvalue weighted by Crippen LogP contribution is 2.30. The third-order valence-electron chi connectivity index (χ3n) is 4.80. The molecule has 0 aliphatic heterocycles. The van der Waals surface area contributed by atoms with Gasteiger partial charge in [0.1, 0.15) is 24.1 Å². The molecule has 0 amide bonds. The van der Waals surface area contributed by atoms with Crippen LogP contribution in [0.15, 0.2) is 36.5 Å². The molecule has 1 fully saturated rings. The van der Waals surface area contributed by atoms with Gasteiger partial charge in [-0.25, -0.2) is 8.78 Å². The summed E-state index contributed by atoms with van der Waals surface area (Å²) in [4.78, 5) is 3.66. The molecule has 2 aromatic rings. The van der Waals surface area contributed by atoms with Crippen LogP contribution in [0.4, 0.5) is 8.78 Å². The number of hydrogen-bond donors (Lipinski definition) is 1. The van der Waals surface area contributed by atoms with Gasteiger partial charge in [-0.2, -0.15) is 5.26 Å². The first-order valence-electron chi connectivity index (χ1n) is 8.71. The van der Waals surface area contributed by atoms with Crippen LogP contribution >= 0.6 is 0 Å². The van der Waals surface area contributed by atoms with Gasteiger partial charge < -0.3 is 10.5 Å². The Morgan fingerprint density at radius 1 is 1.15 bits per heavy atom. The highest BCUT2D eigenvalue weighted by molar-refractivity contribution is 5.67. The van der Waals surface area contributed by atoms with Crippen molar-refractivity contribution in [2.45, 2.75) is 44.1 Å². The summed E-state index contributed by atoms with van der Waals surface area (Å²) in [5.41, 5.74) is 7.35. The number of benzene rings is 1. The van der Waals surface area contributed by atoms with E-state index in [1.165, 1.54) is 18.7 Å². The number of ether oxygens (including phenoxy) is 1. The van der Waals surface area contributed by atoms with E-state index in [-0.39, 0.29) is 11.2 Å². The van der Waals surface area contributed by atoms with Gasteiger partial charge in [0.15, 0.2) is 0 Å². The lowest BCUT2D eigenvalue weighted by Gasteiger charge is -2.33. The van der Waals surface area contributed by atoms with E-state index >= 15 is 0 Å². The molecule has 1 aliphatic rings. The maximum Gasteiger partial charge on any atom is 0.280 e. The minimum atomic E-state index is -2.63. The topological polar surface area (TPSA) is 71.9 Å². The number of halogens is 2. The molecule has 26 heavy (non-hydrogen) atoms. The number of nitriles is 1. The molecule has 0 unspecified atom stereocenters. The van der Waals surface area contributed by atoms with Crippen molar-refractivity contribution in [2.75, 3.05) is 6.61 Å². The highest BCUT2D eigenvalue weighted by atomic mass is 19.3. The Morgan fingerprint density at radius 3 is 2.58 bits per heavy atom. The zero-order valence-electron chi connectivity index (χ0n) is 14.4. The van der Waals surface area contributed by atoms with E-state index in [0.717, 1.165) is 25.7 Å². The summed E-state index contributed by atoms with van der Waals surface area (Å²) in [6.45, 7) is 0.367. The average Bonchev–Trinajstić information content (AvgIpc) is 2.67. The fourth-order valence-corrected chi connectivity index (χ4v) is 3.29. The van der Waals surface area contributed by atoms with Crippen molar-refractivity contribution in [3.05, 3.63) is 47.8 Å². The molecule has 0 spiro atoms. The summed E-state index contributed by atoms with van der Waals surface area (Å²) in [6, 6.07) is 10.2. The van der Waals surface area contributed by atoms with E-state index in [9.17, 15) is 14.0 Å². The summed E-state index contributed by atoms with van der Waals surface area (Å²) in [6.07, 6.45) is 3.93. The molecule has 2 N–H and O–H groups in total. The standard InChI is InChI=1S/C20H21F2N3O/c21-19(22)17-11-15(6-9-25-17)14-4-5-18(16(10-14)12-23)26-13-20(24)7-2-1-3-8-20/h4-6,9-11,19H,1-3,7-8,13,24H2. The lowest BCUT2D eigenvalue weighted by molar-refractivity contribution is 0.146. The number of aromatic nitrogens is 1. The Labute approximate surface area is 151 Å². The zero-order valence-corrected chi connectivity index (χ0v) is 14.4. The quantitative estimate of drug-likeness (QED) is 0.849. The fourth-order valence-electron chi connectivity index (χ4n) is 3.29. The number of nitrogens with zero attached hydrogens (tertiary/aromatic N) is 2. The maximum atomic E-state index is 12.8. The second-order valence-electron chi connectivity index (χ2n) is 6.80. The first-order chi connectivity index (χ1) is 12.5. The van der Waals surface area contributed by atoms with Crippen LogP contribution in [0.5, 0.6) is 5.75 Å². The van der Waals surface area contributed by atoms with Crippen LogP contribution in [0.1, 0.15) is 49.8 Å². The third kappa shape index (κ3) is 4.17. The lowest BCUT2D eigenvalue weighted by Crippen LogP contribution is -2.47. The smallest absolute Gasteiger partial charge is 0.280 e. The van der Waals surface area contributed by atoms with Crippen LogP contribution in [0.2, 0.25) is 0 Å². The van der Waals surface area contributed by atoms with Gasteiger partial charge in [-0.3, -0.25) is 4.98 Å². The van der Waals surface area contributed by atoms with Crippen LogP contribution in [-0.2, 0) is 0 Å². The molecular formula is C20H21F2N3O. The Bertz CT molecular complexity index is 811. The number of rotatable bonds is 5. The van der Waals surface area contributed by atoms with Crippen molar-refractivity contribution in [1.29, 1.82) is 5.26 Å². The van der Waals surface area contributed by atoms with Gasteiger partial charge in [-0.05, 0) is 48.2 Å². The minimum Gasteiger partial charge on any atom is -0.490 e. The van der Waals surface area contributed by atoms with Gasteiger partial charge in [0.2, 0.25) is 0 Å². The van der Waals surface area contributed by atoms with Gasteiger partial charge in [0.05, 0.1) is 11.1 Å². The molecular weight excluding hydrogens is 336 g/mol. The van der Waals surface area contributed by atoms with Crippen molar-refractivity contribution in [3.8, 4) is 22.9 Å². The summed E-state index contributed by atoms with van der Waals surface area (Å²) in [5, 5.41) is 9.44. The van der Waals surface area contributed by atoms with E-state index < -0.39 is 6.43 Å². The molecule has 0 atom stereocenters. The van der Waals surface area contributed by atoms with E-state index in [1.54, 1.807) is 24.3 Å². The molecule has 0 saturated heterocycles. The number of nitrogens with two attached hydrogens (primary N) is 1. The number of pyridine rings is 1. The number of hydrogen-bond acceptors (Lipinski definition) is 4. The summed E-state index contributed by atoms with van der Waals surface area (Å²) >= 11 is 0. The van der Waals surface area contributed by atoms with Gasteiger partial charge >= 0.3 is 0 Å². The first kappa shape index (κ1) is 18.3. The molecule has 1 saturated carbocycles. The normalized spacial score (nSPS) is 16.3. The van der Waals surface area contributed by atoms with Crippen molar-refractivity contribution >= 4 is 0 Å². The Hall–Kier alpha value is -2.52. The van der Waals surface area contributed by atoms with Crippen molar-refractivity contribution in [2.24, 2.45) is 5.73 Å². The summed E-state index contributed by atoms with van der Waals surface area (Å²) in [5.74, 6) is 0.467. The lowest BCUT2D eigenvalue weighted by atomic mass is 9.83. The highest BCUT2D eigenvalue weighted by Gasteiger charge is 2.28. The Balaban J connectivity index is 1.80. The first-order valence-corrected chi connectivity index (χ1v) is 8.71. The van der Waals surface area contributed by atoms with Crippen LogP contribution in [0.3, 0.4) is 0 Å². The molecule has 1 heterocycles. The number of alkyl halides is 2. The molecule has 6 heteroatoms. The van der Waals surface area contributed by atoms with Crippen LogP contribution < -0.4 is 10.5 Å². The van der Waals surface area contributed by atoms with Crippen molar-refractivity contribution in [3.63, 3.8) is 0 Å². The average molecular weight is 357 g/mol. The van der Waals surface area contributed by atoms with Crippen LogP contribution in [0, 0.1) is 11.3 Å². The van der Waals surface area contributed by atoms with Crippen LogP contribution in [-0.4, -0.2) is 17.1 Å². The van der Waals surface area contributed by atoms with Crippen molar-refractivity contribution in [1.82, 2.24) is 4.98 Å². The predicted molar refractivity (Wildman–Crippen MR) is 94.8 cm³/mol.